The van der Waals surface area contributed by atoms with Gasteiger partial charge in [0.1, 0.15) is 0 Å². The monoisotopic (exact) mass is 351 g/mol. The van der Waals surface area contributed by atoms with Crippen molar-refractivity contribution in [2.24, 2.45) is 0 Å². The van der Waals surface area contributed by atoms with Crippen molar-refractivity contribution >= 4 is 34.7 Å². The van der Waals surface area contributed by atoms with Gasteiger partial charge in [-0.25, -0.2) is 13.2 Å². The molecule has 0 saturated heterocycles. The largest absolute Gasteiger partial charge is 0.336 e. The Morgan fingerprint density at radius 3 is 2.38 bits per heavy atom. The van der Waals surface area contributed by atoms with Crippen LogP contribution in [-0.4, -0.2) is 15.2 Å². The van der Waals surface area contributed by atoms with Crippen LogP contribution in [-0.2, 0) is 0 Å². The first kappa shape index (κ1) is 16.0. The molecule has 0 amide bonds. The van der Waals surface area contributed by atoms with E-state index >= 15 is 0 Å². The fourth-order valence-corrected chi connectivity index (χ4v) is 1.97. The maximum Gasteiger partial charge on any atom is 0.249 e. The summed E-state index contributed by atoms with van der Waals surface area (Å²) >= 11 is 5.79. The Balaban J connectivity index is 1.80. The molecule has 0 atom stereocenters. The topological polar surface area (TPSA) is 62.7 Å². The molecular weight excluding hydrogens is 343 g/mol. The number of rotatable bonds is 4. The van der Waals surface area contributed by atoms with Crippen LogP contribution in [0.5, 0.6) is 0 Å². The lowest BCUT2D eigenvalue weighted by atomic mass is 10.3. The molecule has 1 aromatic heterocycles. The van der Waals surface area contributed by atoms with E-state index in [1.165, 1.54) is 6.20 Å². The molecule has 3 rings (SSSR count). The minimum absolute atomic E-state index is 0.103. The summed E-state index contributed by atoms with van der Waals surface area (Å²) in [5.74, 6) is -3.96. The molecule has 0 aliphatic heterocycles. The van der Waals surface area contributed by atoms with E-state index < -0.39 is 17.5 Å². The number of hydrogen-bond acceptors (Lipinski definition) is 5. The van der Waals surface area contributed by atoms with Crippen molar-refractivity contribution in [1.82, 2.24) is 15.2 Å². The van der Waals surface area contributed by atoms with Gasteiger partial charge in [0.25, 0.3) is 0 Å². The Morgan fingerprint density at radius 1 is 0.875 bits per heavy atom. The van der Waals surface area contributed by atoms with Crippen LogP contribution >= 0.6 is 11.6 Å². The van der Waals surface area contributed by atoms with E-state index in [9.17, 15) is 13.2 Å². The van der Waals surface area contributed by atoms with Gasteiger partial charge in [0.2, 0.25) is 5.95 Å². The number of hydrogen-bond donors (Lipinski definition) is 2. The summed E-state index contributed by atoms with van der Waals surface area (Å²) in [5.41, 5.74) is 0.393. The molecule has 122 valence electrons. The zero-order valence-corrected chi connectivity index (χ0v) is 12.7. The van der Waals surface area contributed by atoms with Crippen molar-refractivity contribution in [1.29, 1.82) is 0 Å². The maximum absolute atomic E-state index is 13.7. The van der Waals surface area contributed by atoms with Crippen molar-refractivity contribution < 1.29 is 13.2 Å². The molecule has 2 aromatic carbocycles. The Labute approximate surface area is 139 Å². The maximum atomic E-state index is 13.7. The standard InChI is InChI=1S/C15H9ClF3N5/c16-8-1-3-9(4-2-8)21-15-23-12(7-20-24-15)22-11-6-5-10(17)13(18)14(11)19/h1-7H,(H2,21,22,23,24). The van der Waals surface area contributed by atoms with Gasteiger partial charge in [0.05, 0.1) is 11.9 Å². The first-order valence-corrected chi connectivity index (χ1v) is 7.03. The molecule has 3 aromatic rings. The van der Waals surface area contributed by atoms with E-state index in [0.29, 0.717) is 10.7 Å². The van der Waals surface area contributed by atoms with Crippen LogP contribution in [0.1, 0.15) is 0 Å². The summed E-state index contributed by atoms with van der Waals surface area (Å²) in [6.07, 6.45) is 1.22. The Hall–Kier alpha value is -2.87. The number of aromatic nitrogens is 3. The SMILES string of the molecule is Fc1ccc(Nc2cnnc(Nc3ccc(Cl)cc3)n2)c(F)c1F. The normalized spacial score (nSPS) is 10.5. The highest BCUT2D eigenvalue weighted by Gasteiger charge is 2.14. The highest BCUT2D eigenvalue weighted by atomic mass is 35.5. The van der Waals surface area contributed by atoms with Crippen LogP contribution in [0.4, 0.5) is 36.3 Å². The predicted molar refractivity (Wildman–Crippen MR) is 84.2 cm³/mol. The minimum Gasteiger partial charge on any atom is -0.336 e. The van der Waals surface area contributed by atoms with Gasteiger partial charge in [-0.3, -0.25) is 0 Å². The van der Waals surface area contributed by atoms with Crippen molar-refractivity contribution in [2.45, 2.75) is 0 Å². The molecule has 0 saturated carbocycles. The first-order valence-electron chi connectivity index (χ1n) is 6.66. The van der Waals surface area contributed by atoms with Crippen molar-refractivity contribution in [3.05, 3.63) is 65.1 Å². The molecular formula is C15H9ClF3N5. The van der Waals surface area contributed by atoms with Gasteiger partial charge in [0.15, 0.2) is 23.3 Å². The van der Waals surface area contributed by atoms with E-state index in [4.69, 9.17) is 11.6 Å². The van der Waals surface area contributed by atoms with Gasteiger partial charge >= 0.3 is 0 Å². The molecule has 0 aliphatic carbocycles. The summed E-state index contributed by atoms with van der Waals surface area (Å²) in [7, 11) is 0. The number of halogens is 4. The lowest BCUT2D eigenvalue weighted by Gasteiger charge is -2.09. The molecule has 2 N–H and O–H groups in total. The van der Waals surface area contributed by atoms with Gasteiger partial charge in [-0.05, 0) is 36.4 Å². The van der Waals surface area contributed by atoms with Crippen molar-refractivity contribution in [2.75, 3.05) is 10.6 Å². The second-order valence-corrected chi connectivity index (χ2v) is 5.08. The molecule has 0 radical (unpaired) electrons. The van der Waals surface area contributed by atoms with E-state index in [2.05, 4.69) is 25.8 Å². The predicted octanol–water partition coefficient (Wildman–Crippen LogP) is 4.43. The van der Waals surface area contributed by atoms with E-state index in [1.807, 2.05) is 0 Å². The zero-order valence-electron chi connectivity index (χ0n) is 11.9. The summed E-state index contributed by atoms with van der Waals surface area (Å²) in [6, 6.07) is 8.64. The van der Waals surface area contributed by atoms with Crippen molar-refractivity contribution in [3.63, 3.8) is 0 Å². The Morgan fingerprint density at radius 2 is 1.62 bits per heavy atom. The number of nitrogens with zero attached hydrogens (tertiary/aromatic N) is 3. The van der Waals surface area contributed by atoms with E-state index in [1.54, 1.807) is 24.3 Å². The quantitative estimate of drug-likeness (QED) is 0.681. The molecule has 0 bridgehead atoms. The van der Waals surface area contributed by atoms with Gasteiger partial charge in [-0.15, -0.1) is 5.10 Å². The first-order chi connectivity index (χ1) is 11.5. The van der Waals surface area contributed by atoms with Crippen LogP contribution < -0.4 is 10.6 Å². The van der Waals surface area contributed by atoms with E-state index in [-0.39, 0.29) is 17.5 Å². The lowest BCUT2D eigenvalue weighted by molar-refractivity contribution is 0.449. The van der Waals surface area contributed by atoms with Crippen LogP contribution in [0.3, 0.4) is 0 Å². The van der Waals surface area contributed by atoms with Gasteiger partial charge in [0, 0.05) is 10.7 Å². The Kier molecular flexibility index (Phi) is 4.48. The van der Waals surface area contributed by atoms with Gasteiger partial charge in [-0.1, -0.05) is 11.6 Å². The molecule has 0 spiro atoms. The van der Waals surface area contributed by atoms with Gasteiger partial charge < -0.3 is 10.6 Å². The molecule has 5 nitrogen and oxygen atoms in total. The summed E-state index contributed by atoms with van der Waals surface area (Å²) < 4.78 is 39.8. The number of anilines is 4. The summed E-state index contributed by atoms with van der Waals surface area (Å²) in [5, 5.41) is 13.5. The smallest absolute Gasteiger partial charge is 0.249 e. The number of benzene rings is 2. The van der Waals surface area contributed by atoms with Crippen molar-refractivity contribution in [3.8, 4) is 0 Å². The summed E-state index contributed by atoms with van der Waals surface area (Å²) in [6.45, 7) is 0. The lowest BCUT2D eigenvalue weighted by Crippen LogP contribution is -2.04. The fraction of sp³-hybridized carbons (Fsp3) is 0. The highest BCUT2D eigenvalue weighted by Crippen LogP contribution is 2.23. The molecule has 0 unspecified atom stereocenters. The Bertz CT molecular complexity index is 873. The zero-order chi connectivity index (χ0) is 17.1. The summed E-state index contributed by atoms with van der Waals surface area (Å²) in [4.78, 5) is 4.07. The number of nitrogens with one attached hydrogen (secondary N) is 2. The van der Waals surface area contributed by atoms with Crippen LogP contribution in [0, 0.1) is 17.5 Å². The third-order valence-electron chi connectivity index (χ3n) is 2.96. The van der Waals surface area contributed by atoms with E-state index in [0.717, 1.165) is 12.1 Å². The minimum atomic E-state index is -1.57. The molecule has 9 heteroatoms. The average Bonchev–Trinajstić information content (AvgIpc) is 2.58. The second kappa shape index (κ2) is 6.71. The third kappa shape index (κ3) is 3.54. The highest BCUT2D eigenvalue weighted by molar-refractivity contribution is 6.30. The second-order valence-electron chi connectivity index (χ2n) is 4.65. The van der Waals surface area contributed by atoms with Gasteiger partial charge in [-0.2, -0.15) is 10.1 Å². The van der Waals surface area contributed by atoms with Crippen LogP contribution in [0.25, 0.3) is 0 Å². The molecule has 0 aliphatic rings. The third-order valence-corrected chi connectivity index (χ3v) is 3.21. The average molecular weight is 352 g/mol. The molecule has 1 heterocycles. The molecule has 24 heavy (non-hydrogen) atoms. The molecule has 0 fully saturated rings. The van der Waals surface area contributed by atoms with Crippen LogP contribution in [0.2, 0.25) is 5.02 Å². The fourth-order valence-electron chi connectivity index (χ4n) is 1.84. The van der Waals surface area contributed by atoms with Crippen LogP contribution in [0.15, 0.2) is 42.6 Å².